The fourth-order valence-corrected chi connectivity index (χ4v) is 3.11. The molecule has 2 rings (SSSR count). The molecule has 0 bridgehead atoms. The Bertz CT molecular complexity index is 880. The van der Waals surface area contributed by atoms with Gasteiger partial charge in [-0.05, 0) is 57.4 Å². The molecule has 2 aromatic rings. The number of nitrogens with two attached hydrogens (primary N) is 1. The smallest absolute Gasteiger partial charge is 0.306 e. The minimum atomic E-state index is -0.447. The predicted molar refractivity (Wildman–Crippen MR) is 115 cm³/mol. The lowest BCUT2D eigenvalue weighted by molar-refractivity contribution is -0.155. The number of fused-ring (bicyclic) bond motifs is 1. The summed E-state index contributed by atoms with van der Waals surface area (Å²) in [6.45, 7) is 8.23. The number of carbonyl (C=O) groups is 2. The quantitative estimate of drug-likeness (QED) is 0.222. The highest BCUT2D eigenvalue weighted by atomic mass is 16.6. The molecule has 1 amide bonds. The van der Waals surface area contributed by atoms with Crippen LogP contribution in [0.3, 0.4) is 0 Å². The molecule has 7 heteroatoms. The van der Waals surface area contributed by atoms with Crippen LogP contribution in [0.5, 0.6) is 0 Å². The van der Waals surface area contributed by atoms with Crippen LogP contribution < -0.4 is 11.1 Å². The van der Waals surface area contributed by atoms with E-state index < -0.39 is 5.60 Å². The zero-order chi connectivity index (χ0) is 21.6. The molecule has 1 atom stereocenters. The van der Waals surface area contributed by atoms with Crippen LogP contribution in [0.15, 0.2) is 24.3 Å². The minimum absolute atomic E-state index is 0.00000137. The van der Waals surface area contributed by atoms with Gasteiger partial charge in [-0.15, -0.1) is 0 Å². The van der Waals surface area contributed by atoms with Crippen LogP contribution in [-0.4, -0.2) is 34.8 Å². The van der Waals surface area contributed by atoms with Crippen LogP contribution in [0, 0.1) is 11.3 Å². The summed E-state index contributed by atoms with van der Waals surface area (Å²) in [5.74, 6) is -0.0675. The Morgan fingerprint density at radius 2 is 1.97 bits per heavy atom. The molecule has 0 fully saturated rings. The number of H-pyrrole nitrogens is 1. The average molecular weight is 401 g/mol. The van der Waals surface area contributed by atoms with Crippen LogP contribution in [0.25, 0.3) is 10.9 Å². The van der Waals surface area contributed by atoms with Gasteiger partial charge >= 0.3 is 5.97 Å². The van der Waals surface area contributed by atoms with Crippen LogP contribution in [-0.2, 0) is 9.53 Å². The molecular formula is C22H32N4O3. The van der Waals surface area contributed by atoms with Gasteiger partial charge in [0.15, 0.2) is 0 Å². The Morgan fingerprint density at radius 1 is 1.24 bits per heavy atom. The van der Waals surface area contributed by atoms with E-state index in [4.69, 9.17) is 15.9 Å². The summed E-state index contributed by atoms with van der Waals surface area (Å²) in [6, 6.07) is 7.12. The molecule has 0 radical (unpaired) electrons. The van der Waals surface area contributed by atoms with E-state index in [0.717, 1.165) is 30.2 Å². The molecular weight excluding hydrogens is 368 g/mol. The molecule has 0 aliphatic rings. The SMILES string of the molecule is CC(CCCCNC(=O)c1cc2cc(C(=N)N)ccc2[nH]1)CC(=O)OC(C)(C)C. The third kappa shape index (κ3) is 7.25. The van der Waals surface area contributed by atoms with Gasteiger partial charge in [-0.1, -0.05) is 19.8 Å². The highest BCUT2D eigenvalue weighted by molar-refractivity contribution is 6.02. The molecule has 0 saturated carbocycles. The summed E-state index contributed by atoms with van der Waals surface area (Å²) >= 11 is 0. The number of carbonyl (C=O) groups excluding carboxylic acids is 2. The normalized spacial score (nSPS) is 12.6. The maximum atomic E-state index is 12.3. The number of nitrogens with one attached hydrogen (secondary N) is 3. The fourth-order valence-electron chi connectivity index (χ4n) is 3.11. The Morgan fingerprint density at radius 3 is 2.62 bits per heavy atom. The van der Waals surface area contributed by atoms with Gasteiger partial charge in [-0.2, -0.15) is 0 Å². The minimum Gasteiger partial charge on any atom is -0.460 e. The molecule has 1 unspecified atom stereocenters. The maximum Gasteiger partial charge on any atom is 0.306 e. The van der Waals surface area contributed by atoms with Gasteiger partial charge in [-0.25, -0.2) is 0 Å². The highest BCUT2D eigenvalue weighted by Crippen LogP contribution is 2.18. The van der Waals surface area contributed by atoms with Gasteiger partial charge in [0.05, 0.1) is 0 Å². The number of rotatable bonds is 9. The first-order valence-corrected chi connectivity index (χ1v) is 10.0. The zero-order valence-corrected chi connectivity index (χ0v) is 17.7. The van der Waals surface area contributed by atoms with Gasteiger partial charge in [0, 0.05) is 29.4 Å². The second-order valence-corrected chi connectivity index (χ2v) is 8.55. The standard InChI is InChI=1S/C22H32N4O3/c1-14(11-19(27)29-22(2,3)4)7-5-6-10-25-21(28)18-13-16-12-15(20(23)24)8-9-17(16)26-18/h8-9,12-14,26H,5-7,10-11H2,1-4H3,(H3,23,24)(H,25,28). The Kier molecular flexibility index (Phi) is 7.42. The van der Waals surface area contributed by atoms with E-state index in [1.807, 2.05) is 33.8 Å². The number of amides is 1. The van der Waals surface area contributed by atoms with Gasteiger partial charge in [0.2, 0.25) is 0 Å². The lowest BCUT2D eigenvalue weighted by atomic mass is 10.0. The molecule has 0 aliphatic carbocycles. The van der Waals surface area contributed by atoms with Crippen LogP contribution in [0.1, 0.15) is 69.4 Å². The number of amidine groups is 1. The third-order valence-electron chi connectivity index (χ3n) is 4.52. The second kappa shape index (κ2) is 9.58. The topological polar surface area (TPSA) is 121 Å². The number of aromatic nitrogens is 1. The Hall–Kier alpha value is -2.83. The Balaban J connectivity index is 1.72. The van der Waals surface area contributed by atoms with Crippen molar-refractivity contribution in [2.75, 3.05) is 6.54 Å². The van der Waals surface area contributed by atoms with E-state index in [-0.39, 0.29) is 23.6 Å². The van der Waals surface area contributed by atoms with Crippen molar-refractivity contribution in [3.8, 4) is 0 Å². The van der Waals surface area contributed by atoms with E-state index >= 15 is 0 Å². The molecule has 1 aromatic carbocycles. The van der Waals surface area contributed by atoms with Gasteiger partial charge < -0.3 is 20.8 Å². The van der Waals surface area contributed by atoms with Crippen molar-refractivity contribution in [3.63, 3.8) is 0 Å². The molecule has 5 N–H and O–H groups in total. The maximum absolute atomic E-state index is 12.3. The number of aromatic amines is 1. The van der Waals surface area contributed by atoms with Crippen LogP contribution in [0.2, 0.25) is 0 Å². The number of esters is 1. The first-order valence-electron chi connectivity index (χ1n) is 10.0. The van der Waals surface area contributed by atoms with Gasteiger partial charge in [-0.3, -0.25) is 15.0 Å². The molecule has 1 aromatic heterocycles. The number of benzene rings is 1. The van der Waals surface area contributed by atoms with Gasteiger partial charge in [0.25, 0.3) is 5.91 Å². The van der Waals surface area contributed by atoms with E-state index in [0.29, 0.717) is 24.2 Å². The lowest BCUT2D eigenvalue weighted by Crippen LogP contribution is -2.25. The second-order valence-electron chi connectivity index (χ2n) is 8.55. The van der Waals surface area contributed by atoms with Crippen molar-refractivity contribution in [1.29, 1.82) is 5.41 Å². The van der Waals surface area contributed by atoms with Crippen molar-refractivity contribution < 1.29 is 14.3 Å². The van der Waals surface area contributed by atoms with E-state index in [2.05, 4.69) is 10.3 Å². The number of hydrogen-bond donors (Lipinski definition) is 4. The Labute approximate surface area is 171 Å². The van der Waals surface area contributed by atoms with Crippen molar-refractivity contribution in [2.24, 2.45) is 11.7 Å². The molecule has 1 heterocycles. The number of hydrogen-bond acceptors (Lipinski definition) is 4. The largest absolute Gasteiger partial charge is 0.460 e. The van der Waals surface area contributed by atoms with Gasteiger partial charge in [0.1, 0.15) is 17.1 Å². The van der Waals surface area contributed by atoms with Crippen molar-refractivity contribution >= 4 is 28.6 Å². The molecule has 0 aliphatic heterocycles. The van der Waals surface area contributed by atoms with E-state index in [9.17, 15) is 9.59 Å². The summed E-state index contributed by atoms with van der Waals surface area (Å²) in [5, 5.41) is 11.3. The van der Waals surface area contributed by atoms with Crippen LogP contribution >= 0.6 is 0 Å². The summed E-state index contributed by atoms with van der Waals surface area (Å²) in [4.78, 5) is 27.3. The number of nitrogen functional groups attached to an aromatic ring is 1. The summed E-state index contributed by atoms with van der Waals surface area (Å²) in [6.07, 6.45) is 3.11. The number of unbranched alkanes of at least 4 members (excludes halogenated alkanes) is 1. The first-order chi connectivity index (χ1) is 13.5. The molecule has 7 nitrogen and oxygen atoms in total. The summed E-state index contributed by atoms with van der Waals surface area (Å²) < 4.78 is 5.34. The highest BCUT2D eigenvalue weighted by Gasteiger charge is 2.18. The van der Waals surface area contributed by atoms with Crippen molar-refractivity contribution in [1.82, 2.24) is 10.3 Å². The van der Waals surface area contributed by atoms with E-state index in [1.165, 1.54) is 0 Å². The third-order valence-corrected chi connectivity index (χ3v) is 4.52. The summed E-state index contributed by atoms with van der Waals surface area (Å²) in [5.41, 5.74) is 7.00. The van der Waals surface area contributed by atoms with Crippen LogP contribution in [0.4, 0.5) is 0 Å². The molecule has 29 heavy (non-hydrogen) atoms. The number of ether oxygens (including phenoxy) is 1. The fraction of sp³-hybridized carbons (Fsp3) is 0.500. The van der Waals surface area contributed by atoms with E-state index in [1.54, 1.807) is 18.2 Å². The average Bonchev–Trinajstić information content (AvgIpc) is 3.02. The predicted octanol–water partition coefficient (Wildman–Crippen LogP) is 3.72. The molecule has 0 spiro atoms. The van der Waals surface area contributed by atoms with Crippen molar-refractivity contribution in [2.45, 2.75) is 59.0 Å². The monoisotopic (exact) mass is 400 g/mol. The summed E-state index contributed by atoms with van der Waals surface area (Å²) in [7, 11) is 0. The zero-order valence-electron chi connectivity index (χ0n) is 17.7. The van der Waals surface area contributed by atoms with Crippen molar-refractivity contribution in [3.05, 3.63) is 35.5 Å². The first kappa shape index (κ1) is 22.5. The molecule has 158 valence electrons. The molecule has 0 saturated heterocycles. The lowest BCUT2D eigenvalue weighted by Gasteiger charge is -2.20.